The SMILES string of the molecule is Cc1ccc(N(CC(=O)N2CCCC2c2n[nH]c(C)n2)S(C)(=O)=O)cc1. The molecule has 1 fully saturated rings. The Bertz CT molecular complexity index is 891. The van der Waals surface area contributed by atoms with Gasteiger partial charge in [-0.1, -0.05) is 17.7 Å². The van der Waals surface area contributed by atoms with Gasteiger partial charge < -0.3 is 4.90 Å². The highest BCUT2D eigenvalue weighted by atomic mass is 32.2. The molecule has 0 aliphatic carbocycles. The summed E-state index contributed by atoms with van der Waals surface area (Å²) in [5.41, 5.74) is 1.50. The normalized spacial score (nSPS) is 17.5. The molecule has 140 valence electrons. The second kappa shape index (κ2) is 7.06. The van der Waals surface area contributed by atoms with E-state index in [0.29, 0.717) is 23.9 Å². The molecule has 2 heterocycles. The lowest BCUT2D eigenvalue weighted by molar-refractivity contribution is -0.130. The van der Waals surface area contributed by atoms with Gasteiger partial charge in [0.1, 0.15) is 12.4 Å². The summed E-state index contributed by atoms with van der Waals surface area (Å²) >= 11 is 0. The number of sulfonamides is 1. The fraction of sp³-hybridized carbons (Fsp3) is 0.471. The minimum absolute atomic E-state index is 0.216. The lowest BCUT2D eigenvalue weighted by Crippen LogP contribution is -2.42. The van der Waals surface area contributed by atoms with Crippen LogP contribution in [0.2, 0.25) is 0 Å². The van der Waals surface area contributed by atoms with E-state index >= 15 is 0 Å². The summed E-state index contributed by atoms with van der Waals surface area (Å²) in [5, 5.41) is 6.96. The molecule has 1 aromatic carbocycles. The number of amides is 1. The summed E-state index contributed by atoms with van der Waals surface area (Å²) in [6.07, 6.45) is 2.72. The van der Waals surface area contributed by atoms with Gasteiger partial charge in [-0.2, -0.15) is 5.10 Å². The van der Waals surface area contributed by atoms with E-state index in [-0.39, 0.29) is 18.5 Å². The largest absolute Gasteiger partial charge is 0.331 e. The molecular formula is C17H23N5O3S. The zero-order valence-corrected chi connectivity index (χ0v) is 16.0. The summed E-state index contributed by atoms with van der Waals surface area (Å²) in [6, 6.07) is 6.86. The summed E-state index contributed by atoms with van der Waals surface area (Å²) < 4.78 is 25.6. The van der Waals surface area contributed by atoms with Gasteiger partial charge in [-0.15, -0.1) is 0 Å². The quantitative estimate of drug-likeness (QED) is 0.852. The number of H-pyrrole nitrogens is 1. The van der Waals surface area contributed by atoms with E-state index in [4.69, 9.17) is 0 Å². The smallest absolute Gasteiger partial charge is 0.243 e. The van der Waals surface area contributed by atoms with E-state index in [1.807, 2.05) is 19.1 Å². The first-order chi connectivity index (χ1) is 12.3. The molecule has 8 nitrogen and oxygen atoms in total. The predicted octanol–water partition coefficient (Wildman–Crippen LogP) is 1.55. The van der Waals surface area contributed by atoms with Crippen LogP contribution in [0.5, 0.6) is 0 Å². The Morgan fingerprint density at radius 3 is 2.58 bits per heavy atom. The van der Waals surface area contributed by atoms with E-state index in [1.54, 1.807) is 24.0 Å². The van der Waals surface area contributed by atoms with E-state index in [2.05, 4.69) is 15.2 Å². The van der Waals surface area contributed by atoms with Crippen LogP contribution >= 0.6 is 0 Å². The van der Waals surface area contributed by atoms with Crippen molar-refractivity contribution in [1.82, 2.24) is 20.1 Å². The van der Waals surface area contributed by atoms with Gasteiger partial charge in [0.05, 0.1) is 18.0 Å². The van der Waals surface area contributed by atoms with Crippen LogP contribution in [0.25, 0.3) is 0 Å². The molecule has 0 bridgehead atoms. The number of aryl methyl sites for hydroxylation is 2. The highest BCUT2D eigenvalue weighted by Gasteiger charge is 2.34. The molecule has 26 heavy (non-hydrogen) atoms. The minimum atomic E-state index is -3.59. The van der Waals surface area contributed by atoms with Crippen molar-refractivity contribution in [2.45, 2.75) is 32.7 Å². The summed E-state index contributed by atoms with van der Waals surface area (Å²) in [4.78, 5) is 18.9. The molecule has 2 aromatic rings. The lowest BCUT2D eigenvalue weighted by atomic mass is 10.2. The second-order valence-electron chi connectivity index (χ2n) is 6.63. The molecule has 1 amide bonds. The molecule has 1 aromatic heterocycles. The molecule has 1 aliphatic heterocycles. The molecular weight excluding hydrogens is 354 g/mol. The van der Waals surface area contributed by atoms with Gasteiger partial charge in [-0.3, -0.25) is 14.2 Å². The Morgan fingerprint density at radius 1 is 1.31 bits per heavy atom. The van der Waals surface area contributed by atoms with Crippen LogP contribution < -0.4 is 4.31 Å². The van der Waals surface area contributed by atoms with Crippen molar-refractivity contribution in [2.24, 2.45) is 0 Å². The predicted molar refractivity (Wildman–Crippen MR) is 98.2 cm³/mol. The summed E-state index contributed by atoms with van der Waals surface area (Å²) in [7, 11) is -3.59. The molecule has 1 saturated heterocycles. The monoisotopic (exact) mass is 377 g/mol. The number of carbonyl (C=O) groups excluding carboxylic acids is 1. The van der Waals surface area contributed by atoms with Crippen molar-refractivity contribution in [3.63, 3.8) is 0 Å². The van der Waals surface area contributed by atoms with Crippen molar-refractivity contribution in [1.29, 1.82) is 0 Å². The van der Waals surface area contributed by atoms with E-state index in [0.717, 1.165) is 29.0 Å². The molecule has 1 N–H and O–H groups in total. The van der Waals surface area contributed by atoms with Crippen molar-refractivity contribution in [2.75, 3.05) is 23.7 Å². The van der Waals surface area contributed by atoms with E-state index in [1.165, 1.54) is 0 Å². The maximum atomic E-state index is 12.9. The molecule has 1 atom stereocenters. The molecule has 0 radical (unpaired) electrons. The number of aromatic amines is 1. The first-order valence-electron chi connectivity index (χ1n) is 8.48. The summed E-state index contributed by atoms with van der Waals surface area (Å²) in [5.74, 6) is 1.02. The van der Waals surface area contributed by atoms with Crippen molar-refractivity contribution in [3.05, 3.63) is 41.5 Å². The fourth-order valence-electron chi connectivity index (χ4n) is 3.17. The third-order valence-corrected chi connectivity index (χ3v) is 5.63. The van der Waals surface area contributed by atoms with Crippen LogP contribution in [0.15, 0.2) is 24.3 Å². The highest BCUT2D eigenvalue weighted by Crippen LogP contribution is 2.30. The van der Waals surface area contributed by atoms with E-state index < -0.39 is 10.0 Å². The van der Waals surface area contributed by atoms with Gasteiger partial charge in [0, 0.05) is 6.54 Å². The standard InChI is InChI=1S/C17H23N5O3S/c1-12-6-8-14(9-7-12)22(26(3,24)25)11-16(23)21-10-4-5-15(21)17-18-13(2)19-20-17/h6-9,15H,4-5,10-11H2,1-3H3,(H,18,19,20). The average Bonchev–Trinajstić information content (AvgIpc) is 3.21. The number of carbonyl (C=O) groups is 1. The number of rotatable bonds is 5. The lowest BCUT2D eigenvalue weighted by Gasteiger charge is -2.27. The van der Waals surface area contributed by atoms with Crippen LogP contribution in [0.4, 0.5) is 5.69 Å². The first kappa shape index (κ1) is 18.4. The fourth-order valence-corrected chi connectivity index (χ4v) is 4.02. The van der Waals surface area contributed by atoms with Crippen molar-refractivity contribution >= 4 is 21.6 Å². The maximum Gasteiger partial charge on any atom is 0.243 e. The number of nitrogens with zero attached hydrogens (tertiary/aromatic N) is 4. The van der Waals surface area contributed by atoms with Crippen LogP contribution in [0.1, 0.15) is 36.1 Å². The number of aromatic nitrogens is 3. The van der Waals surface area contributed by atoms with Gasteiger partial charge in [0.25, 0.3) is 0 Å². The van der Waals surface area contributed by atoms with Crippen molar-refractivity contribution < 1.29 is 13.2 Å². The number of hydrogen-bond donors (Lipinski definition) is 1. The van der Waals surface area contributed by atoms with Crippen LogP contribution in [-0.4, -0.2) is 53.8 Å². The summed E-state index contributed by atoms with van der Waals surface area (Å²) in [6.45, 7) is 4.07. The van der Waals surface area contributed by atoms with Crippen LogP contribution in [-0.2, 0) is 14.8 Å². The van der Waals surface area contributed by atoms with Gasteiger partial charge in [0.15, 0.2) is 5.82 Å². The molecule has 0 spiro atoms. The molecule has 3 rings (SSSR count). The molecule has 0 saturated carbocycles. The Kier molecular flexibility index (Phi) is 4.99. The van der Waals surface area contributed by atoms with Gasteiger partial charge >= 0.3 is 0 Å². The third-order valence-electron chi connectivity index (χ3n) is 4.49. The highest BCUT2D eigenvalue weighted by molar-refractivity contribution is 7.92. The molecule has 9 heteroatoms. The van der Waals surface area contributed by atoms with Crippen LogP contribution in [0.3, 0.4) is 0 Å². The van der Waals surface area contributed by atoms with Gasteiger partial charge in [0.2, 0.25) is 15.9 Å². The third kappa shape index (κ3) is 3.87. The van der Waals surface area contributed by atoms with Gasteiger partial charge in [-0.05, 0) is 38.8 Å². The molecule has 1 unspecified atom stereocenters. The number of likely N-dealkylation sites (tertiary alicyclic amines) is 1. The van der Waals surface area contributed by atoms with Crippen LogP contribution in [0, 0.1) is 13.8 Å². The number of hydrogen-bond acceptors (Lipinski definition) is 5. The zero-order valence-electron chi connectivity index (χ0n) is 15.1. The number of benzene rings is 1. The minimum Gasteiger partial charge on any atom is -0.331 e. The average molecular weight is 377 g/mol. The molecule has 1 aliphatic rings. The number of anilines is 1. The topological polar surface area (TPSA) is 99.3 Å². The Morgan fingerprint density at radius 2 is 2.00 bits per heavy atom. The number of nitrogens with one attached hydrogen (secondary N) is 1. The van der Waals surface area contributed by atoms with E-state index in [9.17, 15) is 13.2 Å². The van der Waals surface area contributed by atoms with Gasteiger partial charge in [-0.25, -0.2) is 13.4 Å². The Labute approximate surface area is 153 Å². The zero-order chi connectivity index (χ0) is 18.9. The van der Waals surface area contributed by atoms with Crippen molar-refractivity contribution in [3.8, 4) is 0 Å². The Hall–Kier alpha value is -2.42. The maximum absolute atomic E-state index is 12.9. The Balaban J connectivity index is 1.82. The second-order valence-corrected chi connectivity index (χ2v) is 8.54. The first-order valence-corrected chi connectivity index (χ1v) is 10.3.